The first-order valence-corrected chi connectivity index (χ1v) is 7.67. The van der Waals surface area contributed by atoms with Gasteiger partial charge in [-0.25, -0.2) is 0 Å². The molecule has 1 aliphatic heterocycles. The highest BCUT2D eigenvalue weighted by Crippen LogP contribution is 2.17. The van der Waals surface area contributed by atoms with Crippen molar-refractivity contribution in [1.82, 2.24) is 9.88 Å². The highest BCUT2D eigenvalue weighted by molar-refractivity contribution is 9.10. The fourth-order valence-corrected chi connectivity index (χ4v) is 2.94. The van der Waals surface area contributed by atoms with E-state index in [0.29, 0.717) is 0 Å². The van der Waals surface area contributed by atoms with E-state index in [1.165, 1.54) is 0 Å². The molecule has 1 fully saturated rings. The summed E-state index contributed by atoms with van der Waals surface area (Å²) in [7, 11) is 0. The molecule has 5 heteroatoms. The van der Waals surface area contributed by atoms with E-state index >= 15 is 0 Å². The molecule has 0 saturated carbocycles. The van der Waals surface area contributed by atoms with Crippen LogP contribution in [0.3, 0.4) is 0 Å². The number of aryl methyl sites for hydroxylation is 1. The van der Waals surface area contributed by atoms with Crippen molar-refractivity contribution in [3.8, 4) is 0 Å². The number of nitrogens with one attached hydrogen (secondary N) is 1. The summed E-state index contributed by atoms with van der Waals surface area (Å²) in [6.45, 7) is 5.74. The number of carbonyl (C=O) groups is 1. The van der Waals surface area contributed by atoms with Crippen molar-refractivity contribution < 1.29 is 9.53 Å². The fourth-order valence-electron chi connectivity index (χ4n) is 2.48. The molecule has 0 radical (unpaired) electrons. The molecule has 2 heterocycles. The lowest BCUT2D eigenvalue weighted by Gasteiger charge is -2.28. The van der Waals surface area contributed by atoms with Gasteiger partial charge in [0.2, 0.25) is 0 Å². The van der Waals surface area contributed by atoms with E-state index in [9.17, 15) is 4.79 Å². The minimum atomic E-state index is 0.0123. The second-order valence-corrected chi connectivity index (χ2v) is 6.03. The molecule has 0 aromatic carbocycles. The van der Waals surface area contributed by atoms with Crippen molar-refractivity contribution in [2.45, 2.75) is 51.8 Å². The number of aromatic nitrogens is 1. The van der Waals surface area contributed by atoms with Gasteiger partial charge in [0.25, 0.3) is 5.91 Å². The van der Waals surface area contributed by atoms with E-state index in [0.717, 1.165) is 42.6 Å². The molecule has 1 N–H and O–H groups in total. The highest BCUT2D eigenvalue weighted by Gasteiger charge is 2.22. The van der Waals surface area contributed by atoms with Crippen LogP contribution in [-0.4, -0.2) is 29.2 Å². The molecule has 19 heavy (non-hydrogen) atoms. The molecule has 0 aliphatic carbocycles. The number of nitrogens with zero attached hydrogens (tertiary/aromatic N) is 1. The number of amides is 1. The van der Waals surface area contributed by atoms with Gasteiger partial charge in [-0.2, -0.15) is 0 Å². The number of hydrogen-bond acceptors (Lipinski definition) is 2. The quantitative estimate of drug-likeness (QED) is 0.923. The Hall–Kier alpha value is -0.810. The van der Waals surface area contributed by atoms with E-state index in [2.05, 4.69) is 35.1 Å². The minimum absolute atomic E-state index is 0.0123. The largest absolute Gasteiger partial charge is 0.378 e. The van der Waals surface area contributed by atoms with Crippen molar-refractivity contribution in [2.75, 3.05) is 6.61 Å². The molecule has 1 aliphatic rings. The van der Waals surface area contributed by atoms with Crippen molar-refractivity contribution in [1.29, 1.82) is 0 Å². The lowest BCUT2D eigenvalue weighted by molar-refractivity contribution is 0.0136. The predicted octanol–water partition coefficient (Wildman–Crippen LogP) is 2.96. The molecule has 0 bridgehead atoms. The first-order chi connectivity index (χ1) is 9.10. The molecule has 1 aromatic rings. The molecule has 2 rings (SSSR count). The first kappa shape index (κ1) is 14.6. The van der Waals surface area contributed by atoms with Crippen LogP contribution in [0.5, 0.6) is 0 Å². The molecule has 2 atom stereocenters. The zero-order chi connectivity index (χ0) is 13.8. The number of ether oxygens (including phenoxy) is 1. The van der Waals surface area contributed by atoms with Crippen LogP contribution in [0.2, 0.25) is 0 Å². The molecule has 1 saturated heterocycles. The van der Waals surface area contributed by atoms with Gasteiger partial charge in [-0.15, -0.1) is 0 Å². The highest BCUT2D eigenvalue weighted by atomic mass is 79.9. The van der Waals surface area contributed by atoms with Crippen molar-refractivity contribution >= 4 is 21.8 Å². The zero-order valence-corrected chi connectivity index (χ0v) is 13.1. The number of rotatable bonds is 4. The van der Waals surface area contributed by atoms with Gasteiger partial charge < -0.3 is 14.6 Å². The van der Waals surface area contributed by atoms with Crippen LogP contribution in [0.1, 0.15) is 43.6 Å². The third-order valence-corrected chi connectivity index (χ3v) is 3.81. The lowest BCUT2D eigenvalue weighted by atomic mass is 10.0. The zero-order valence-electron chi connectivity index (χ0n) is 11.5. The van der Waals surface area contributed by atoms with Gasteiger partial charge in [0.15, 0.2) is 0 Å². The van der Waals surface area contributed by atoms with E-state index in [1.807, 2.05) is 16.8 Å². The van der Waals surface area contributed by atoms with Crippen LogP contribution in [0, 0.1) is 0 Å². The Labute approximate surface area is 122 Å². The van der Waals surface area contributed by atoms with Gasteiger partial charge in [0, 0.05) is 29.9 Å². The summed E-state index contributed by atoms with van der Waals surface area (Å²) in [5, 5.41) is 3.12. The average Bonchev–Trinajstić information content (AvgIpc) is 2.71. The summed E-state index contributed by atoms with van der Waals surface area (Å²) in [6.07, 6.45) is 4.99. The summed E-state index contributed by atoms with van der Waals surface area (Å²) in [5.74, 6) is 0.0123. The molecule has 106 valence electrons. The van der Waals surface area contributed by atoms with Crippen LogP contribution in [0.25, 0.3) is 0 Å². The Morgan fingerprint density at radius 1 is 1.63 bits per heavy atom. The van der Waals surface area contributed by atoms with Crippen LogP contribution >= 0.6 is 15.9 Å². The second-order valence-electron chi connectivity index (χ2n) is 5.11. The average molecular weight is 329 g/mol. The SMILES string of the molecule is CCCn1cc(Br)cc1C(=O)NC1CCOC(C)C1. The van der Waals surface area contributed by atoms with Gasteiger partial charge in [0.1, 0.15) is 5.69 Å². The maximum Gasteiger partial charge on any atom is 0.268 e. The first-order valence-electron chi connectivity index (χ1n) is 6.88. The fraction of sp³-hybridized carbons (Fsp3) is 0.643. The standard InChI is InChI=1S/C14H21BrN2O2/c1-3-5-17-9-11(15)8-13(17)14(18)16-12-4-6-19-10(2)7-12/h8-10,12H,3-7H2,1-2H3,(H,16,18). The van der Waals surface area contributed by atoms with Crippen molar-refractivity contribution in [3.05, 3.63) is 22.4 Å². The summed E-state index contributed by atoms with van der Waals surface area (Å²) >= 11 is 3.44. The van der Waals surface area contributed by atoms with E-state index < -0.39 is 0 Å². The van der Waals surface area contributed by atoms with E-state index in [4.69, 9.17) is 4.74 Å². The molecule has 0 spiro atoms. The summed E-state index contributed by atoms with van der Waals surface area (Å²) < 4.78 is 8.45. The maximum atomic E-state index is 12.3. The molecule has 2 unspecified atom stereocenters. The number of halogens is 1. The second kappa shape index (κ2) is 6.57. The lowest BCUT2D eigenvalue weighted by Crippen LogP contribution is -2.41. The van der Waals surface area contributed by atoms with Gasteiger partial charge in [-0.05, 0) is 48.2 Å². The van der Waals surface area contributed by atoms with Crippen LogP contribution < -0.4 is 5.32 Å². The number of hydrogen-bond donors (Lipinski definition) is 1. The predicted molar refractivity (Wildman–Crippen MR) is 78.3 cm³/mol. The molecular formula is C14H21BrN2O2. The van der Waals surface area contributed by atoms with Crippen LogP contribution in [-0.2, 0) is 11.3 Å². The van der Waals surface area contributed by atoms with Gasteiger partial charge in [-0.3, -0.25) is 4.79 Å². The Morgan fingerprint density at radius 3 is 3.11 bits per heavy atom. The van der Waals surface area contributed by atoms with Crippen LogP contribution in [0.15, 0.2) is 16.7 Å². The summed E-state index contributed by atoms with van der Waals surface area (Å²) in [4.78, 5) is 12.3. The Balaban J connectivity index is 2.02. The molecular weight excluding hydrogens is 308 g/mol. The van der Waals surface area contributed by atoms with Gasteiger partial charge in [-0.1, -0.05) is 6.92 Å². The number of carbonyl (C=O) groups excluding carboxylic acids is 1. The Bertz CT molecular complexity index is 445. The topological polar surface area (TPSA) is 43.3 Å². The van der Waals surface area contributed by atoms with Crippen LogP contribution in [0.4, 0.5) is 0 Å². The van der Waals surface area contributed by atoms with Gasteiger partial charge in [0.05, 0.1) is 6.10 Å². The minimum Gasteiger partial charge on any atom is -0.378 e. The third-order valence-electron chi connectivity index (χ3n) is 3.38. The van der Waals surface area contributed by atoms with E-state index in [-0.39, 0.29) is 18.1 Å². The summed E-state index contributed by atoms with van der Waals surface area (Å²) in [5.41, 5.74) is 0.730. The van der Waals surface area contributed by atoms with Crippen molar-refractivity contribution in [2.24, 2.45) is 0 Å². The maximum absolute atomic E-state index is 12.3. The van der Waals surface area contributed by atoms with Gasteiger partial charge >= 0.3 is 0 Å². The molecule has 1 amide bonds. The normalized spacial score (nSPS) is 23.3. The Morgan fingerprint density at radius 2 is 2.42 bits per heavy atom. The van der Waals surface area contributed by atoms with E-state index in [1.54, 1.807) is 0 Å². The Kier molecular flexibility index (Phi) is 5.05. The monoisotopic (exact) mass is 328 g/mol. The smallest absolute Gasteiger partial charge is 0.268 e. The summed E-state index contributed by atoms with van der Waals surface area (Å²) in [6, 6.07) is 2.10. The molecule has 1 aromatic heterocycles. The van der Waals surface area contributed by atoms with Crippen molar-refractivity contribution in [3.63, 3.8) is 0 Å². The third kappa shape index (κ3) is 3.83. The molecule has 4 nitrogen and oxygen atoms in total.